The van der Waals surface area contributed by atoms with Crippen molar-refractivity contribution in [1.29, 1.82) is 5.26 Å². The van der Waals surface area contributed by atoms with Gasteiger partial charge in [-0.3, -0.25) is 4.57 Å². The van der Waals surface area contributed by atoms with Gasteiger partial charge in [0.25, 0.3) is 0 Å². The molecule has 2 aromatic carbocycles. The normalized spacial score (nSPS) is 11.7. The summed E-state index contributed by atoms with van der Waals surface area (Å²) in [6.07, 6.45) is 2.11. The summed E-state index contributed by atoms with van der Waals surface area (Å²) in [7, 11) is 0. The van der Waals surface area contributed by atoms with Crippen LogP contribution in [0.1, 0.15) is 22.8 Å². The highest BCUT2D eigenvalue weighted by molar-refractivity contribution is 6.30. The monoisotopic (exact) mass is 388 g/mol. The van der Waals surface area contributed by atoms with E-state index in [4.69, 9.17) is 16.3 Å². The molecule has 0 unspecified atom stereocenters. The summed E-state index contributed by atoms with van der Waals surface area (Å²) in [6, 6.07) is 17.2. The predicted molar refractivity (Wildman–Crippen MR) is 102 cm³/mol. The molecular formula is C20H13ClN6O. The average molecular weight is 389 g/mol. The molecule has 0 fully saturated rings. The number of nitrogens with zero attached hydrogens (tertiary/aromatic N) is 6. The van der Waals surface area contributed by atoms with Crippen LogP contribution in [0.2, 0.25) is 5.02 Å². The molecule has 0 bridgehead atoms. The fraction of sp³-hybridized carbons (Fsp3) is 0.100. The molecule has 0 atom stereocenters. The highest BCUT2D eigenvalue weighted by atomic mass is 35.5. The highest BCUT2D eigenvalue weighted by Crippen LogP contribution is 2.31. The Morgan fingerprint density at radius 2 is 1.96 bits per heavy atom. The fourth-order valence-electron chi connectivity index (χ4n) is 3.36. The van der Waals surface area contributed by atoms with Crippen LogP contribution in [-0.2, 0) is 13.0 Å². The Morgan fingerprint density at radius 3 is 2.79 bits per heavy atom. The van der Waals surface area contributed by atoms with Crippen molar-refractivity contribution >= 4 is 11.6 Å². The molecule has 28 heavy (non-hydrogen) atoms. The van der Waals surface area contributed by atoms with Crippen LogP contribution >= 0.6 is 11.6 Å². The third-order valence-electron chi connectivity index (χ3n) is 4.69. The first kappa shape index (κ1) is 16.5. The van der Waals surface area contributed by atoms with E-state index in [0.29, 0.717) is 22.8 Å². The number of hydrogen-bond donors (Lipinski definition) is 0. The molecular weight excluding hydrogens is 376 g/mol. The molecule has 1 aliphatic rings. The van der Waals surface area contributed by atoms with Gasteiger partial charge in [0, 0.05) is 11.4 Å². The zero-order valence-electron chi connectivity index (χ0n) is 14.6. The zero-order valence-corrected chi connectivity index (χ0v) is 15.3. The Morgan fingerprint density at radius 1 is 1.11 bits per heavy atom. The van der Waals surface area contributed by atoms with Crippen molar-refractivity contribution in [2.24, 2.45) is 0 Å². The highest BCUT2D eigenvalue weighted by Gasteiger charge is 2.26. The fourth-order valence-corrected chi connectivity index (χ4v) is 3.52. The van der Waals surface area contributed by atoms with Crippen molar-refractivity contribution in [1.82, 2.24) is 24.5 Å². The summed E-state index contributed by atoms with van der Waals surface area (Å²) in [5.74, 6) is 0.754. The summed E-state index contributed by atoms with van der Waals surface area (Å²) >= 11 is 6.24. The number of hydrogen-bond acceptors (Lipinski definition) is 5. The minimum atomic E-state index is 0.269. The number of aromatic nitrogens is 5. The first-order chi connectivity index (χ1) is 13.7. The molecule has 136 valence electrons. The van der Waals surface area contributed by atoms with Gasteiger partial charge < -0.3 is 4.74 Å². The molecule has 0 radical (unpaired) electrons. The minimum Gasteiger partial charge on any atom is -0.487 e. The molecule has 7 nitrogen and oxygen atoms in total. The van der Waals surface area contributed by atoms with E-state index in [1.807, 2.05) is 47.0 Å². The van der Waals surface area contributed by atoms with Gasteiger partial charge in [-0.05, 0) is 30.3 Å². The van der Waals surface area contributed by atoms with E-state index < -0.39 is 0 Å². The summed E-state index contributed by atoms with van der Waals surface area (Å²) in [4.78, 5) is 4.25. The van der Waals surface area contributed by atoms with Crippen molar-refractivity contribution < 1.29 is 4.74 Å². The van der Waals surface area contributed by atoms with E-state index in [1.165, 1.54) is 0 Å². The molecule has 5 rings (SSSR count). The van der Waals surface area contributed by atoms with Gasteiger partial charge in [0.05, 0.1) is 22.8 Å². The molecule has 1 aliphatic heterocycles. The predicted octanol–water partition coefficient (Wildman–Crippen LogP) is 3.46. The van der Waals surface area contributed by atoms with E-state index in [9.17, 15) is 5.26 Å². The van der Waals surface area contributed by atoms with Crippen LogP contribution in [0.25, 0.3) is 11.4 Å². The van der Waals surface area contributed by atoms with Crippen LogP contribution in [0, 0.1) is 11.3 Å². The largest absolute Gasteiger partial charge is 0.487 e. The van der Waals surface area contributed by atoms with Crippen molar-refractivity contribution in [3.05, 3.63) is 82.7 Å². The van der Waals surface area contributed by atoms with Gasteiger partial charge in [-0.1, -0.05) is 35.0 Å². The van der Waals surface area contributed by atoms with Gasteiger partial charge in [0.15, 0.2) is 5.69 Å². The maximum Gasteiger partial charge on any atom is 0.162 e. The first-order valence-corrected chi connectivity index (χ1v) is 9.00. The number of para-hydroxylation sites is 1. The van der Waals surface area contributed by atoms with Gasteiger partial charge in [0.2, 0.25) is 0 Å². The number of nitriles is 1. The maximum absolute atomic E-state index is 9.48. The van der Waals surface area contributed by atoms with Crippen LogP contribution in [0.4, 0.5) is 0 Å². The molecule has 0 saturated carbocycles. The molecule has 0 aliphatic carbocycles. The van der Waals surface area contributed by atoms with Gasteiger partial charge >= 0.3 is 0 Å². The summed E-state index contributed by atoms with van der Waals surface area (Å²) in [5, 5.41) is 18.7. The molecule has 3 heterocycles. The molecule has 0 N–H and O–H groups in total. The Hall–Kier alpha value is -3.63. The van der Waals surface area contributed by atoms with Crippen molar-refractivity contribution in [2.75, 3.05) is 0 Å². The van der Waals surface area contributed by atoms with E-state index in [0.717, 1.165) is 28.5 Å². The summed E-state index contributed by atoms with van der Waals surface area (Å²) in [6.45, 7) is 0.269. The second-order valence-corrected chi connectivity index (χ2v) is 6.76. The number of imidazole rings is 1. The summed E-state index contributed by atoms with van der Waals surface area (Å²) < 4.78 is 9.53. The van der Waals surface area contributed by atoms with E-state index >= 15 is 0 Å². The van der Waals surface area contributed by atoms with Crippen LogP contribution in [0.3, 0.4) is 0 Å². The maximum atomic E-state index is 9.48. The quantitative estimate of drug-likeness (QED) is 0.472. The van der Waals surface area contributed by atoms with Crippen LogP contribution in [0.5, 0.6) is 5.75 Å². The van der Waals surface area contributed by atoms with Gasteiger partial charge in [0.1, 0.15) is 30.4 Å². The lowest BCUT2D eigenvalue weighted by molar-refractivity contribution is 0.300. The number of rotatable bonds is 3. The SMILES string of the molecule is N#Cc1ncn2c1Cc1c(COc3ccccc3)nnn1-c1cc(Cl)ccc1-2. The van der Waals surface area contributed by atoms with Crippen molar-refractivity contribution in [3.63, 3.8) is 0 Å². The van der Waals surface area contributed by atoms with Gasteiger partial charge in [-0.25, -0.2) is 9.67 Å². The Labute approximate surface area is 165 Å². The standard InChI is InChI=1S/C20H13ClN6O/c21-13-6-7-17-20(8-13)27-19(9-18-15(10-22)23-12-26(17)18)16(24-25-27)11-28-14-4-2-1-3-5-14/h1-8,12H,9,11H2. The number of benzene rings is 2. The van der Waals surface area contributed by atoms with E-state index in [2.05, 4.69) is 21.4 Å². The molecule has 0 saturated heterocycles. The first-order valence-electron chi connectivity index (χ1n) is 8.62. The summed E-state index contributed by atoms with van der Waals surface area (Å²) in [5.41, 5.74) is 4.33. The number of ether oxygens (including phenoxy) is 1. The lowest BCUT2D eigenvalue weighted by Gasteiger charge is -2.09. The molecule has 4 aromatic rings. The number of fused-ring (bicyclic) bond motifs is 5. The molecule has 2 aromatic heterocycles. The van der Waals surface area contributed by atoms with E-state index in [1.54, 1.807) is 17.1 Å². The lowest BCUT2D eigenvalue weighted by Crippen LogP contribution is -2.05. The Bertz CT molecular complexity index is 1220. The third kappa shape index (κ3) is 2.63. The van der Waals surface area contributed by atoms with Gasteiger partial charge in [-0.2, -0.15) is 5.26 Å². The van der Waals surface area contributed by atoms with E-state index in [-0.39, 0.29) is 6.61 Å². The topological polar surface area (TPSA) is 81.6 Å². The third-order valence-corrected chi connectivity index (χ3v) is 4.93. The lowest BCUT2D eigenvalue weighted by atomic mass is 10.1. The minimum absolute atomic E-state index is 0.269. The molecule has 0 amide bonds. The second-order valence-electron chi connectivity index (χ2n) is 6.33. The van der Waals surface area contributed by atoms with Crippen molar-refractivity contribution in [3.8, 4) is 23.2 Å². The zero-order chi connectivity index (χ0) is 19.1. The van der Waals surface area contributed by atoms with Crippen LogP contribution < -0.4 is 4.74 Å². The van der Waals surface area contributed by atoms with Crippen LogP contribution in [0.15, 0.2) is 54.9 Å². The Balaban J connectivity index is 1.63. The van der Waals surface area contributed by atoms with Gasteiger partial charge in [-0.15, -0.1) is 5.10 Å². The second kappa shape index (κ2) is 6.51. The molecule has 0 spiro atoms. The smallest absolute Gasteiger partial charge is 0.162 e. The number of halogens is 1. The van der Waals surface area contributed by atoms with Crippen LogP contribution in [-0.4, -0.2) is 24.5 Å². The van der Waals surface area contributed by atoms with Crippen molar-refractivity contribution in [2.45, 2.75) is 13.0 Å². The average Bonchev–Trinajstić information content (AvgIpc) is 3.28. The Kier molecular flexibility index (Phi) is 3.85. The molecule has 8 heteroatoms.